The summed E-state index contributed by atoms with van der Waals surface area (Å²) in [6.45, 7) is 1.29. The molecule has 0 amide bonds. The Kier molecular flexibility index (Phi) is 4.18. The van der Waals surface area contributed by atoms with Crippen LogP contribution in [0.3, 0.4) is 0 Å². The topological polar surface area (TPSA) is 12.0 Å². The Labute approximate surface area is 81.6 Å². The minimum Gasteiger partial charge on any atom is -0.312 e. The maximum atomic E-state index is 12.7. The number of hydrogen-bond acceptors (Lipinski definition) is 2. The minimum atomic E-state index is -0.807. The summed E-state index contributed by atoms with van der Waals surface area (Å²) in [7, 11) is 0. The van der Waals surface area contributed by atoms with Crippen molar-refractivity contribution in [3.8, 4) is 0 Å². The molecule has 0 aliphatic heterocycles. The van der Waals surface area contributed by atoms with Crippen molar-refractivity contribution in [1.82, 2.24) is 5.32 Å². The Balaban J connectivity index is 2.53. The molecule has 0 spiro atoms. The fourth-order valence-corrected chi connectivity index (χ4v) is 1.12. The van der Waals surface area contributed by atoms with E-state index in [4.69, 9.17) is 0 Å². The van der Waals surface area contributed by atoms with Crippen molar-refractivity contribution in [3.05, 3.63) is 35.4 Å². The molecule has 0 aliphatic rings. The Morgan fingerprint density at radius 3 is 2.62 bits per heavy atom. The zero-order chi connectivity index (χ0) is 9.68. The van der Waals surface area contributed by atoms with E-state index in [9.17, 15) is 8.78 Å². The monoisotopic (exact) mass is 203 g/mol. The highest BCUT2D eigenvalue weighted by atomic mass is 32.1. The maximum Gasteiger partial charge on any atom is 0.159 e. The van der Waals surface area contributed by atoms with Crippen molar-refractivity contribution in [2.45, 2.75) is 6.54 Å². The summed E-state index contributed by atoms with van der Waals surface area (Å²) in [5.74, 6) is -0.882. The van der Waals surface area contributed by atoms with Crippen LogP contribution in [0.25, 0.3) is 0 Å². The molecule has 0 aromatic heterocycles. The number of thiol groups is 1. The van der Waals surface area contributed by atoms with Crippen LogP contribution in [0.2, 0.25) is 0 Å². The van der Waals surface area contributed by atoms with E-state index >= 15 is 0 Å². The molecule has 0 aliphatic carbocycles. The largest absolute Gasteiger partial charge is 0.312 e. The Morgan fingerprint density at radius 1 is 1.23 bits per heavy atom. The lowest BCUT2D eigenvalue weighted by atomic mass is 10.2. The lowest BCUT2D eigenvalue weighted by Gasteiger charge is -2.02. The molecule has 0 bridgehead atoms. The first-order chi connectivity index (χ1) is 6.24. The average molecular weight is 203 g/mol. The predicted octanol–water partition coefficient (Wildman–Crippen LogP) is 1.98. The SMILES string of the molecule is Fc1ccc(CNCCS)cc1F. The van der Waals surface area contributed by atoms with Gasteiger partial charge in [0.15, 0.2) is 11.6 Å². The third-order valence-corrected chi connectivity index (χ3v) is 1.83. The van der Waals surface area contributed by atoms with Gasteiger partial charge in [0.2, 0.25) is 0 Å². The van der Waals surface area contributed by atoms with E-state index in [1.165, 1.54) is 6.07 Å². The summed E-state index contributed by atoms with van der Waals surface area (Å²) in [6, 6.07) is 3.89. The van der Waals surface area contributed by atoms with Gasteiger partial charge in [-0.3, -0.25) is 0 Å². The van der Waals surface area contributed by atoms with Gasteiger partial charge < -0.3 is 5.32 Å². The Hall–Kier alpha value is -0.610. The number of benzene rings is 1. The molecule has 1 aromatic carbocycles. The van der Waals surface area contributed by atoms with Crippen molar-refractivity contribution in [1.29, 1.82) is 0 Å². The van der Waals surface area contributed by atoms with E-state index in [1.54, 1.807) is 6.07 Å². The summed E-state index contributed by atoms with van der Waals surface area (Å²) in [5, 5.41) is 3.03. The lowest BCUT2D eigenvalue weighted by molar-refractivity contribution is 0.506. The minimum absolute atomic E-state index is 0.539. The van der Waals surface area contributed by atoms with E-state index in [0.717, 1.165) is 23.9 Å². The van der Waals surface area contributed by atoms with E-state index in [1.807, 2.05) is 0 Å². The number of nitrogens with one attached hydrogen (secondary N) is 1. The Morgan fingerprint density at radius 2 is 2.00 bits per heavy atom. The Bertz CT molecular complexity index is 278. The van der Waals surface area contributed by atoms with Gasteiger partial charge in [0.05, 0.1) is 0 Å². The standard InChI is InChI=1S/C9H11F2NS/c10-8-2-1-7(5-9(8)11)6-12-3-4-13/h1-2,5,12-13H,3-4,6H2. The van der Waals surface area contributed by atoms with Crippen molar-refractivity contribution in [2.75, 3.05) is 12.3 Å². The van der Waals surface area contributed by atoms with Crippen LogP contribution >= 0.6 is 12.6 Å². The first-order valence-electron chi connectivity index (χ1n) is 3.99. The molecule has 72 valence electrons. The summed E-state index contributed by atoms with van der Waals surface area (Å²) >= 11 is 4.01. The lowest BCUT2D eigenvalue weighted by Crippen LogP contribution is -2.15. The number of rotatable bonds is 4. The smallest absolute Gasteiger partial charge is 0.159 e. The third kappa shape index (κ3) is 3.32. The first-order valence-corrected chi connectivity index (χ1v) is 4.63. The molecule has 0 saturated carbocycles. The second-order valence-corrected chi connectivity index (χ2v) is 3.10. The normalized spacial score (nSPS) is 10.4. The van der Waals surface area contributed by atoms with Crippen LogP contribution in [0.1, 0.15) is 5.56 Å². The van der Waals surface area contributed by atoms with Gasteiger partial charge in [-0.15, -0.1) is 0 Å². The van der Waals surface area contributed by atoms with E-state index < -0.39 is 11.6 Å². The zero-order valence-electron chi connectivity index (χ0n) is 7.06. The van der Waals surface area contributed by atoms with Crippen LogP contribution in [0.4, 0.5) is 8.78 Å². The fourth-order valence-electron chi connectivity index (χ4n) is 0.961. The van der Waals surface area contributed by atoms with E-state index in [2.05, 4.69) is 17.9 Å². The molecule has 1 N–H and O–H groups in total. The van der Waals surface area contributed by atoms with Gasteiger partial charge >= 0.3 is 0 Å². The van der Waals surface area contributed by atoms with Gasteiger partial charge in [0, 0.05) is 18.8 Å². The summed E-state index contributed by atoms with van der Waals surface area (Å²) < 4.78 is 25.1. The summed E-state index contributed by atoms with van der Waals surface area (Å²) in [4.78, 5) is 0. The second kappa shape index (κ2) is 5.19. The molecule has 0 heterocycles. The molecular formula is C9H11F2NS. The van der Waals surface area contributed by atoms with Crippen molar-refractivity contribution in [2.24, 2.45) is 0 Å². The fraction of sp³-hybridized carbons (Fsp3) is 0.333. The van der Waals surface area contributed by atoms with Crippen LogP contribution in [0.5, 0.6) is 0 Å². The molecular weight excluding hydrogens is 192 g/mol. The van der Waals surface area contributed by atoms with Gasteiger partial charge in [-0.05, 0) is 17.7 Å². The van der Waals surface area contributed by atoms with Crippen LogP contribution < -0.4 is 5.32 Å². The molecule has 0 atom stereocenters. The highest BCUT2D eigenvalue weighted by Gasteiger charge is 2.01. The summed E-state index contributed by atoms with van der Waals surface area (Å²) in [5.41, 5.74) is 0.737. The highest BCUT2D eigenvalue weighted by Crippen LogP contribution is 2.07. The van der Waals surface area contributed by atoms with Gasteiger partial charge in [0.1, 0.15) is 0 Å². The third-order valence-electron chi connectivity index (χ3n) is 1.60. The molecule has 0 unspecified atom stereocenters. The van der Waals surface area contributed by atoms with Gasteiger partial charge in [-0.1, -0.05) is 6.07 Å². The van der Waals surface area contributed by atoms with E-state index in [0.29, 0.717) is 6.54 Å². The molecule has 4 heteroatoms. The van der Waals surface area contributed by atoms with Gasteiger partial charge in [-0.25, -0.2) is 8.78 Å². The molecule has 1 aromatic rings. The number of halogens is 2. The van der Waals surface area contributed by atoms with Crippen LogP contribution in [-0.4, -0.2) is 12.3 Å². The molecule has 1 rings (SSSR count). The highest BCUT2D eigenvalue weighted by molar-refractivity contribution is 7.80. The molecule has 1 nitrogen and oxygen atoms in total. The van der Waals surface area contributed by atoms with Gasteiger partial charge in [0.25, 0.3) is 0 Å². The van der Waals surface area contributed by atoms with Crippen molar-refractivity contribution in [3.63, 3.8) is 0 Å². The number of hydrogen-bond donors (Lipinski definition) is 2. The van der Waals surface area contributed by atoms with Crippen molar-refractivity contribution < 1.29 is 8.78 Å². The van der Waals surface area contributed by atoms with Crippen LogP contribution in [0.15, 0.2) is 18.2 Å². The second-order valence-electron chi connectivity index (χ2n) is 2.65. The molecule has 13 heavy (non-hydrogen) atoms. The molecule has 0 fully saturated rings. The molecule has 0 saturated heterocycles. The molecule has 0 radical (unpaired) electrons. The van der Waals surface area contributed by atoms with Gasteiger partial charge in [-0.2, -0.15) is 12.6 Å². The predicted molar refractivity (Wildman–Crippen MR) is 51.9 cm³/mol. The van der Waals surface area contributed by atoms with Crippen molar-refractivity contribution >= 4 is 12.6 Å². The summed E-state index contributed by atoms with van der Waals surface area (Å²) in [6.07, 6.45) is 0. The van der Waals surface area contributed by atoms with Crippen LogP contribution in [-0.2, 0) is 6.54 Å². The zero-order valence-corrected chi connectivity index (χ0v) is 7.95. The first kappa shape index (κ1) is 10.5. The maximum absolute atomic E-state index is 12.7. The van der Waals surface area contributed by atoms with E-state index in [-0.39, 0.29) is 0 Å². The quantitative estimate of drug-likeness (QED) is 0.563. The van der Waals surface area contributed by atoms with Crippen LogP contribution in [0, 0.1) is 11.6 Å². The average Bonchev–Trinajstić information content (AvgIpc) is 2.12.